The molecule has 0 aliphatic heterocycles. The molecule has 2 aromatic rings. The van der Waals surface area contributed by atoms with Crippen molar-refractivity contribution in [1.29, 1.82) is 0 Å². The third kappa shape index (κ3) is 8.19. The van der Waals surface area contributed by atoms with Crippen molar-refractivity contribution in [3.05, 3.63) is 53.6 Å². The van der Waals surface area contributed by atoms with Crippen molar-refractivity contribution >= 4 is 29.9 Å². The van der Waals surface area contributed by atoms with E-state index in [9.17, 15) is 19.0 Å². The molecule has 0 aliphatic rings. The number of phenolic OH excluding ortho intramolecular Hbond substituents is 1. The predicted octanol–water partition coefficient (Wildman–Crippen LogP) is 3.41. The molecule has 0 aliphatic carbocycles. The van der Waals surface area contributed by atoms with E-state index in [1.807, 2.05) is 6.92 Å². The molecule has 2 aromatic carbocycles. The summed E-state index contributed by atoms with van der Waals surface area (Å²) in [5, 5.41) is 26.3. The smallest absolute Gasteiger partial charge is 0.387 e. The van der Waals surface area contributed by atoms with E-state index in [1.165, 1.54) is 30.3 Å². The summed E-state index contributed by atoms with van der Waals surface area (Å²) in [4.78, 5) is 4.40. The summed E-state index contributed by atoms with van der Waals surface area (Å²) >= 11 is 0. The van der Waals surface area contributed by atoms with Crippen LogP contribution in [-0.2, 0) is 6.54 Å². The molecule has 2 rings (SSSR count). The Morgan fingerprint density at radius 2 is 1.77 bits per heavy atom. The van der Waals surface area contributed by atoms with Crippen molar-refractivity contribution in [3.8, 4) is 17.2 Å². The Morgan fingerprint density at radius 1 is 1.10 bits per heavy atom. The van der Waals surface area contributed by atoms with Gasteiger partial charge in [0.05, 0.1) is 19.8 Å². The highest BCUT2D eigenvalue weighted by molar-refractivity contribution is 14.0. The van der Waals surface area contributed by atoms with Gasteiger partial charge in [0.2, 0.25) is 0 Å². The summed E-state index contributed by atoms with van der Waals surface area (Å²) in [5.41, 5.74) is 1.14. The monoisotopic (exact) mass is 537 g/mol. The zero-order valence-electron chi connectivity index (χ0n) is 16.6. The van der Waals surface area contributed by atoms with Crippen LogP contribution >= 0.6 is 24.0 Å². The summed E-state index contributed by atoms with van der Waals surface area (Å²) in [7, 11) is 1.54. The lowest BCUT2D eigenvalue weighted by atomic mass is 10.1. The van der Waals surface area contributed by atoms with Crippen LogP contribution in [0, 0.1) is 0 Å². The molecule has 1 unspecified atom stereocenters. The molecule has 0 saturated heterocycles. The number of aromatic hydroxyl groups is 1. The van der Waals surface area contributed by atoms with Crippen molar-refractivity contribution in [1.82, 2.24) is 10.6 Å². The first-order valence-electron chi connectivity index (χ1n) is 9.03. The van der Waals surface area contributed by atoms with E-state index in [-0.39, 0.29) is 48.6 Å². The number of hydrogen-bond donors (Lipinski definition) is 4. The van der Waals surface area contributed by atoms with Gasteiger partial charge in [-0.1, -0.05) is 12.1 Å². The molecule has 4 N–H and O–H groups in total. The van der Waals surface area contributed by atoms with Crippen LogP contribution in [0.1, 0.15) is 24.2 Å². The standard InChI is InChI=1S/C20H25F2N3O4.HI/c1-3-23-20(24-11-14-10-16(28-2)8-9-17(14)26)25-12-18(27)13-4-6-15(7-5-13)29-19(21)22;/h4-10,18-19,26-27H,3,11-12H2,1-2H3,(H2,23,24,25);1H. The van der Waals surface area contributed by atoms with Crippen LogP contribution in [0.15, 0.2) is 47.5 Å². The normalized spacial score (nSPS) is 12.1. The fourth-order valence-corrected chi connectivity index (χ4v) is 2.50. The molecule has 0 fully saturated rings. The number of aliphatic hydroxyl groups excluding tert-OH is 1. The van der Waals surface area contributed by atoms with E-state index in [0.29, 0.717) is 29.4 Å². The van der Waals surface area contributed by atoms with Gasteiger partial charge in [0, 0.05) is 18.7 Å². The average molecular weight is 537 g/mol. The van der Waals surface area contributed by atoms with Crippen LogP contribution in [-0.4, -0.2) is 43.0 Å². The number of guanidine groups is 1. The van der Waals surface area contributed by atoms with Crippen molar-refractivity contribution in [2.75, 3.05) is 20.2 Å². The molecule has 30 heavy (non-hydrogen) atoms. The van der Waals surface area contributed by atoms with E-state index in [1.54, 1.807) is 19.2 Å². The lowest BCUT2D eigenvalue weighted by Gasteiger charge is -2.16. The van der Waals surface area contributed by atoms with E-state index < -0.39 is 12.7 Å². The molecule has 0 aromatic heterocycles. The second kappa shape index (κ2) is 13.1. The number of aliphatic hydroxyl groups is 1. The number of methoxy groups -OCH3 is 1. The third-order valence-corrected chi connectivity index (χ3v) is 3.99. The van der Waals surface area contributed by atoms with E-state index in [2.05, 4.69) is 20.4 Å². The van der Waals surface area contributed by atoms with Crippen molar-refractivity contribution in [3.63, 3.8) is 0 Å². The predicted molar refractivity (Wildman–Crippen MR) is 121 cm³/mol. The van der Waals surface area contributed by atoms with Gasteiger partial charge >= 0.3 is 6.61 Å². The number of halogens is 3. The molecule has 0 bridgehead atoms. The van der Waals surface area contributed by atoms with E-state index in [0.717, 1.165) is 0 Å². The Morgan fingerprint density at radius 3 is 2.37 bits per heavy atom. The first-order chi connectivity index (χ1) is 13.9. The number of ether oxygens (including phenoxy) is 2. The molecule has 7 nitrogen and oxygen atoms in total. The molecule has 1 atom stereocenters. The molecular formula is C20H26F2IN3O4. The molecule has 0 heterocycles. The Kier molecular flexibility index (Phi) is 11.2. The molecule has 0 spiro atoms. The number of aliphatic imine (C=N–C) groups is 1. The zero-order valence-corrected chi connectivity index (χ0v) is 19.0. The highest BCUT2D eigenvalue weighted by atomic mass is 127. The van der Waals surface area contributed by atoms with Crippen LogP contribution in [0.4, 0.5) is 8.78 Å². The van der Waals surface area contributed by atoms with Gasteiger partial charge in [0.1, 0.15) is 17.2 Å². The van der Waals surface area contributed by atoms with Gasteiger partial charge in [-0.05, 0) is 42.8 Å². The van der Waals surface area contributed by atoms with Crippen LogP contribution < -0.4 is 20.1 Å². The molecule has 0 saturated carbocycles. The van der Waals surface area contributed by atoms with Crippen molar-refractivity contribution in [2.45, 2.75) is 26.2 Å². The minimum absolute atomic E-state index is 0. The summed E-state index contributed by atoms with van der Waals surface area (Å²) < 4.78 is 33.8. The first kappa shape index (κ1) is 25.7. The maximum Gasteiger partial charge on any atom is 0.387 e. The number of phenols is 1. The summed E-state index contributed by atoms with van der Waals surface area (Å²) in [6.45, 7) is -0.0428. The van der Waals surface area contributed by atoms with Gasteiger partial charge in [-0.15, -0.1) is 24.0 Å². The molecular weight excluding hydrogens is 511 g/mol. The second-order valence-corrected chi connectivity index (χ2v) is 6.03. The van der Waals surface area contributed by atoms with Gasteiger partial charge < -0.3 is 30.3 Å². The quantitative estimate of drug-likeness (QED) is 0.223. The van der Waals surface area contributed by atoms with Crippen LogP contribution in [0.5, 0.6) is 17.2 Å². The van der Waals surface area contributed by atoms with Crippen LogP contribution in [0.25, 0.3) is 0 Å². The summed E-state index contributed by atoms with van der Waals surface area (Å²) in [6.07, 6.45) is -0.885. The van der Waals surface area contributed by atoms with Crippen LogP contribution in [0.2, 0.25) is 0 Å². The van der Waals surface area contributed by atoms with E-state index >= 15 is 0 Å². The fourth-order valence-electron chi connectivity index (χ4n) is 2.50. The Labute approximate surface area is 191 Å². The lowest BCUT2D eigenvalue weighted by Crippen LogP contribution is -2.39. The minimum atomic E-state index is -2.89. The largest absolute Gasteiger partial charge is 0.508 e. The number of nitrogens with zero attached hydrogens (tertiary/aromatic N) is 1. The van der Waals surface area contributed by atoms with E-state index in [4.69, 9.17) is 4.74 Å². The van der Waals surface area contributed by atoms with Gasteiger partial charge in [-0.2, -0.15) is 8.78 Å². The maximum atomic E-state index is 12.2. The molecule has 0 amide bonds. The number of alkyl halides is 2. The average Bonchev–Trinajstić information content (AvgIpc) is 2.71. The Balaban J connectivity index is 0.00000450. The molecule has 0 radical (unpaired) electrons. The maximum absolute atomic E-state index is 12.2. The number of hydrogen-bond acceptors (Lipinski definition) is 5. The highest BCUT2D eigenvalue weighted by Crippen LogP contribution is 2.23. The summed E-state index contributed by atoms with van der Waals surface area (Å²) in [5.74, 6) is 1.19. The second-order valence-electron chi connectivity index (χ2n) is 6.03. The SMILES string of the molecule is CCNC(=NCc1cc(OC)ccc1O)NCC(O)c1ccc(OC(F)F)cc1.I. The Bertz CT molecular complexity index is 807. The molecule has 10 heteroatoms. The lowest BCUT2D eigenvalue weighted by molar-refractivity contribution is -0.0498. The molecule has 166 valence electrons. The zero-order chi connectivity index (χ0) is 21.2. The van der Waals surface area contributed by atoms with Crippen LogP contribution in [0.3, 0.4) is 0 Å². The number of nitrogens with one attached hydrogen (secondary N) is 2. The minimum Gasteiger partial charge on any atom is -0.508 e. The number of benzene rings is 2. The number of rotatable bonds is 9. The Hall–Kier alpha value is -2.34. The topological polar surface area (TPSA) is 95.3 Å². The van der Waals surface area contributed by atoms with Gasteiger partial charge in [-0.3, -0.25) is 0 Å². The van der Waals surface area contributed by atoms with Gasteiger partial charge in [-0.25, -0.2) is 4.99 Å². The van der Waals surface area contributed by atoms with Gasteiger partial charge in [0.25, 0.3) is 0 Å². The first-order valence-corrected chi connectivity index (χ1v) is 9.03. The van der Waals surface area contributed by atoms with Crippen molar-refractivity contribution in [2.24, 2.45) is 4.99 Å². The van der Waals surface area contributed by atoms with Gasteiger partial charge in [0.15, 0.2) is 5.96 Å². The summed E-state index contributed by atoms with van der Waals surface area (Å²) in [6, 6.07) is 10.7. The fraction of sp³-hybridized carbons (Fsp3) is 0.350. The highest BCUT2D eigenvalue weighted by Gasteiger charge is 2.11. The third-order valence-electron chi connectivity index (χ3n) is 3.99. The van der Waals surface area contributed by atoms with Crippen molar-refractivity contribution < 1.29 is 28.5 Å².